The topological polar surface area (TPSA) is 167 Å². The Hall–Kier alpha value is -4.01. The van der Waals surface area contributed by atoms with Crippen molar-refractivity contribution in [1.29, 1.82) is 0 Å². The minimum absolute atomic E-state index is 0.0554. The van der Waals surface area contributed by atoms with Gasteiger partial charge in [-0.2, -0.15) is 0 Å². The number of thiazole rings is 1. The molecule has 4 rings (SSSR count). The lowest BCUT2D eigenvalue weighted by molar-refractivity contribution is -0.119. The molecule has 1 aliphatic rings. The minimum atomic E-state index is -4.06. The summed E-state index contributed by atoms with van der Waals surface area (Å²) in [6.07, 6.45) is 0.552. The van der Waals surface area contributed by atoms with Crippen molar-refractivity contribution in [3.63, 3.8) is 0 Å². The van der Waals surface area contributed by atoms with Crippen LogP contribution in [-0.4, -0.2) is 65.7 Å². The summed E-state index contributed by atoms with van der Waals surface area (Å²) in [5.74, 6) is -0.518. The van der Waals surface area contributed by atoms with E-state index in [1.165, 1.54) is 17.4 Å². The Morgan fingerprint density at radius 3 is 2.37 bits per heavy atom. The predicted octanol–water partition coefficient (Wildman–Crippen LogP) is 5.59. The molecule has 0 bridgehead atoms. The lowest BCUT2D eigenvalue weighted by Crippen LogP contribution is -2.42. The lowest BCUT2D eigenvalue weighted by atomic mass is 10.1. The highest BCUT2D eigenvalue weighted by Crippen LogP contribution is 2.37. The van der Waals surface area contributed by atoms with Gasteiger partial charge in [0.05, 0.1) is 15.9 Å². The average Bonchev–Trinajstić information content (AvgIpc) is 3.58. The highest BCUT2D eigenvalue weighted by Gasteiger charge is 2.34. The predicted molar refractivity (Wildman–Crippen MR) is 165 cm³/mol. The van der Waals surface area contributed by atoms with Gasteiger partial charge in [0.1, 0.15) is 11.0 Å². The maximum Gasteiger partial charge on any atom is 0.411 e. The van der Waals surface area contributed by atoms with Crippen molar-refractivity contribution in [3.05, 3.63) is 48.7 Å². The molecule has 43 heavy (non-hydrogen) atoms. The fraction of sp³-hybridized carbons (Fsp3) is 0.379. The Morgan fingerprint density at radius 1 is 1.07 bits per heavy atom. The van der Waals surface area contributed by atoms with Gasteiger partial charge in [-0.05, 0) is 83.9 Å². The van der Waals surface area contributed by atoms with Crippen molar-refractivity contribution >= 4 is 50.8 Å². The summed E-state index contributed by atoms with van der Waals surface area (Å²) < 4.78 is 34.9. The zero-order valence-corrected chi connectivity index (χ0v) is 26.1. The van der Waals surface area contributed by atoms with E-state index in [0.717, 1.165) is 10.5 Å². The second kappa shape index (κ2) is 12.7. The molecule has 230 valence electrons. The molecule has 14 heteroatoms. The SMILES string of the molecule is CC(C)OC(=O)Nc1ccc(-c2ncc(-c3ccc(NC(=O)[C@@H]4CCCN4C(=O)O)cc3S(=O)(=O)NC(C)(C)C)s2)cc1. The summed E-state index contributed by atoms with van der Waals surface area (Å²) >= 11 is 1.28. The van der Waals surface area contributed by atoms with E-state index < -0.39 is 39.7 Å². The van der Waals surface area contributed by atoms with Crippen LogP contribution in [0.3, 0.4) is 0 Å². The molecular formula is C29H35N5O7S2. The Labute approximate surface area is 254 Å². The fourth-order valence-corrected chi connectivity index (χ4v) is 7.26. The Kier molecular flexibility index (Phi) is 9.42. The Bertz CT molecular complexity index is 1610. The van der Waals surface area contributed by atoms with Crippen LogP contribution in [0.15, 0.2) is 53.6 Å². The van der Waals surface area contributed by atoms with E-state index in [1.807, 2.05) is 0 Å². The van der Waals surface area contributed by atoms with Gasteiger partial charge >= 0.3 is 12.2 Å². The Balaban J connectivity index is 1.63. The van der Waals surface area contributed by atoms with Gasteiger partial charge in [-0.15, -0.1) is 11.3 Å². The molecule has 0 radical (unpaired) electrons. The van der Waals surface area contributed by atoms with E-state index in [0.29, 0.717) is 34.0 Å². The molecule has 2 heterocycles. The molecule has 0 aliphatic carbocycles. The normalized spacial score (nSPS) is 15.4. The van der Waals surface area contributed by atoms with Gasteiger partial charge in [0.15, 0.2) is 0 Å². The van der Waals surface area contributed by atoms with Gasteiger partial charge in [0.2, 0.25) is 15.9 Å². The highest BCUT2D eigenvalue weighted by molar-refractivity contribution is 7.89. The molecule has 0 saturated carbocycles. The molecule has 1 fully saturated rings. The monoisotopic (exact) mass is 629 g/mol. The van der Waals surface area contributed by atoms with Crippen molar-refractivity contribution in [2.45, 2.75) is 70.0 Å². The zero-order valence-electron chi connectivity index (χ0n) is 24.5. The number of hydrogen-bond donors (Lipinski definition) is 4. The van der Waals surface area contributed by atoms with E-state index in [2.05, 4.69) is 20.3 Å². The number of carboxylic acid groups (broad SMARTS) is 1. The molecule has 1 saturated heterocycles. The first kappa shape index (κ1) is 31.9. The molecule has 3 aromatic rings. The molecule has 2 aromatic carbocycles. The third-order valence-electron chi connectivity index (χ3n) is 6.27. The van der Waals surface area contributed by atoms with Crippen LogP contribution in [0.2, 0.25) is 0 Å². The smallest absolute Gasteiger partial charge is 0.411 e. The number of aromatic nitrogens is 1. The number of rotatable bonds is 8. The molecule has 0 unspecified atom stereocenters. The van der Waals surface area contributed by atoms with Gasteiger partial charge in [0, 0.05) is 40.8 Å². The molecule has 1 aliphatic heterocycles. The van der Waals surface area contributed by atoms with E-state index >= 15 is 0 Å². The first-order chi connectivity index (χ1) is 20.1. The molecule has 12 nitrogen and oxygen atoms in total. The molecule has 3 amide bonds. The van der Waals surface area contributed by atoms with Crippen molar-refractivity contribution in [2.75, 3.05) is 17.2 Å². The van der Waals surface area contributed by atoms with E-state index in [-0.39, 0.29) is 23.2 Å². The van der Waals surface area contributed by atoms with Crippen molar-refractivity contribution in [2.24, 2.45) is 0 Å². The van der Waals surface area contributed by atoms with Gasteiger partial charge in [-0.1, -0.05) is 6.07 Å². The van der Waals surface area contributed by atoms with Crippen molar-refractivity contribution in [1.82, 2.24) is 14.6 Å². The number of carbonyl (C=O) groups is 3. The number of nitrogens with one attached hydrogen (secondary N) is 3. The van der Waals surface area contributed by atoms with Crippen LogP contribution < -0.4 is 15.4 Å². The first-order valence-electron chi connectivity index (χ1n) is 13.7. The van der Waals surface area contributed by atoms with Crippen LogP contribution in [0, 0.1) is 0 Å². The number of likely N-dealkylation sites (tertiary alicyclic amines) is 1. The third kappa shape index (κ3) is 8.09. The number of anilines is 2. The second-order valence-electron chi connectivity index (χ2n) is 11.4. The van der Waals surface area contributed by atoms with Crippen LogP contribution in [0.25, 0.3) is 21.0 Å². The number of amides is 3. The third-order valence-corrected chi connectivity index (χ3v) is 9.15. The standard InChI is InChI=1S/C29H35N5O7S2/c1-17(2)41-27(36)32-19-10-8-18(9-11-19)26-30-16-23(42-26)21-13-12-20(15-24(21)43(39,40)33-29(3,4)5)31-25(35)22-7-6-14-34(22)28(37)38/h8-13,15-17,22,33H,6-7,14H2,1-5H3,(H,31,35)(H,32,36)(H,37,38)/t22-/m0/s1. The van der Waals surface area contributed by atoms with Crippen LogP contribution in [0.4, 0.5) is 21.0 Å². The molecule has 1 aromatic heterocycles. The lowest BCUT2D eigenvalue weighted by Gasteiger charge is -2.23. The number of ether oxygens (including phenoxy) is 1. The minimum Gasteiger partial charge on any atom is -0.465 e. The summed E-state index contributed by atoms with van der Waals surface area (Å²) in [6, 6.07) is 10.7. The van der Waals surface area contributed by atoms with Crippen LogP contribution in [-0.2, 0) is 19.6 Å². The summed E-state index contributed by atoms with van der Waals surface area (Å²) in [5, 5.41) is 15.4. The molecule has 1 atom stereocenters. The first-order valence-corrected chi connectivity index (χ1v) is 16.0. The number of sulfonamides is 1. The molecule has 4 N–H and O–H groups in total. The van der Waals surface area contributed by atoms with E-state index in [1.54, 1.807) is 77.2 Å². The zero-order chi connectivity index (χ0) is 31.5. The van der Waals surface area contributed by atoms with Gasteiger partial charge in [0.25, 0.3) is 0 Å². The number of carbonyl (C=O) groups excluding carboxylic acids is 2. The number of benzene rings is 2. The second-order valence-corrected chi connectivity index (χ2v) is 14.1. The van der Waals surface area contributed by atoms with Crippen molar-refractivity contribution in [3.8, 4) is 21.0 Å². The van der Waals surface area contributed by atoms with Crippen molar-refractivity contribution < 1.29 is 32.6 Å². The highest BCUT2D eigenvalue weighted by atomic mass is 32.2. The van der Waals surface area contributed by atoms with Crippen LogP contribution >= 0.6 is 11.3 Å². The van der Waals surface area contributed by atoms with E-state index in [4.69, 9.17) is 4.74 Å². The largest absolute Gasteiger partial charge is 0.465 e. The summed E-state index contributed by atoms with van der Waals surface area (Å²) in [4.78, 5) is 42.5. The Morgan fingerprint density at radius 2 is 1.74 bits per heavy atom. The van der Waals surface area contributed by atoms with Crippen LogP contribution in [0.1, 0.15) is 47.5 Å². The molecule has 0 spiro atoms. The van der Waals surface area contributed by atoms with E-state index in [9.17, 15) is 27.9 Å². The number of nitrogens with zero attached hydrogens (tertiary/aromatic N) is 2. The summed E-state index contributed by atoms with van der Waals surface area (Å²) in [7, 11) is -4.06. The van der Waals surface area contributed by atoms with Gasteiger partial charge < -0.3 is 15.2 Å². The average molecular weight is 630 g/mol. The van der Waals surface area contributed by atoms with Gasteiger partial charge in [-0.3, -0.25) is 15.0 Å². The maximum atomic E-state index is 13.6. The van der Waals surface area contributed by atoms with Gasteiger partial charge in [-0.25, -0.2) is 27.7 Å². The summed E-state index contributed by atoms with van der Waals surface area (Å²) in [6.45, 7) is 8.95. The number of hydrogen-bond acceptors (Lipinski definition) is 8. The quantitative estimate of drug-likeness (QED) is 0.250. The maximum absolute atomic E-state index is 13.6. The summed E-state index contributed by atoms with van der Waals surface area (Å²) in [5.41, 5.74) is 1.15. The molecular weight excluding hydrogens is 594 g/mol. The van der Waals surface area contributed by atoms with Crippen LogP contribution in [0.5, 0.6) is 0 Å². The fourth-order valence-electron chi connectivity index (χ4n) is 4.57.